The number of amides is 1. The van der Waals surface area contributed by atoms with Gasteiger partial charge in [-0.3, -0.25) is 4.79 Å². The normalized spacial score (nSPS) is 23.3. The lowest BCUT2D eigenvalue weighted by molar-refractivity contribution is 0.0536. The predicted octanol–water partition coefficient (Wildman–Crippen LogP) is 1.66. The molecule has 1 amide bonds. The minimum atomic E-state index is -0.540. The van der Waals surface area contributed by atoms with Crippen molar-refractivity contribution in [3.05, 3.63) is 29.6 Å². The molecule has 5 heteroatoms. The largest absolute Gasteiger partial charge is 0.496 e. The van der Waals surface area contributed by atoms with Gasteiger partial charge in [-0.1, -0.05) is 6.07 Å². The Bertz CT molecular complexity index is 469. The van der Waals surface area contributed by atoms with Gasteiger partial charge in [0.05, 0.1) is 7.11 Å². The zero-order valence-electron chi connectivity index (χ0n) is 11.4. The molecule has 2 atom stereocenters. The fourth-order valence-corrected chi connectivity index (χ4v) is 2.54. The summed E-state index contributed by atoms with van der Waals surface area (Å²) in [6.45, 7) is 5.33. The van der Waals surface area contributed by atoms with Crippen molar-refractivity contribution in [1.82, 2.24) is 10.2 Å². The smallest absolute Gasteiger partial charge is 0.261 e. The molecule has 0 radical (unpaired) electrons. The molecule has 1 heterocycles. The topological polar surface area (TPSA) is 41.6 Å². The van der Waals surface area contributed by atoms with Gasteiger partial charge in [0.2, 0.25) is 0 Å². The second-order valence-electron chi connectivity index (χ2n) is 4.89. The molecule has 1 N–H and O–H groups in total. The van der Waals surface area contributed by atoms with Crippen LogP contribution in [0.1, 0.15) is 24.2 Å². The summed E-state index contributed by atoms with van der Waals surface area (Å²) in [5.74, 6) is -0.568. The molecule has 1 aliphatic heterocycles. The SMILES string of the molecule is COc1cccc(F)c1C(=O)N1C(C)CNCC1C. The molecule has 104 valence electrons. The van der Waals surface area contributed by atoms with Crippen LogP contribution in [0.3, 0.4) is 0 Å². The van der Waals surface area contributed by atoms with Crippen molar-refractivity contribution in [2.75, 3.05) is 20.2 Å². The molecule has 1 saturated heterocycles. The zero-order chi connectivity index (χ0) is 14.0. The number of benzene rings is 1. The molecule has 0 aliphatic carbocycles. The average molecular weight is 266 g/mol. The number of carbonyl (C=O) groups is 1. The zero-order valence-corrected chi connectivity index (χ0v) is 11.4. The highest BCUT2D eigenvalue weighted by atomic mass is 19.1. The van der Waals surface area contributed by atoms with E-state index in [4.69, 9.17) is 4.74 Å². The van der Waals surface area contributed by atoms with E-state index in [0.29, 0.717) is 13.1 Å². The third-order valence-corrected chi connectivity index (χ3v) is 3.47. The van der Waals surface area contributed by atoms with Crippen LogP contribution in [-0.2, 0) is 0 Å². The number of nitrogens with one attached hydrogen (secondary N) is 1. The highest BCUT2D eigenvalue weighted by molar-refractivity contribution is 5.97. The van der Waals surface area contributed by atoms with Crippen molar-refractivity contribution in [3.63, 3.8) is 0 Å². The fourth-order valence-electron chi connectivity index (χ4n) is 2.54. The van der Waals surface area contributed by atoms with Gasteiger partial charge in [-0.15, -0.1) is 0 Å². The Morgan fingerprint density at radius 2 is 2.00 bits per heavy atom. The molecule has 1 aromatic carbocycles. The average Bonchev–Trinajstić information content (AvgIpc) is 2.37. The number of halogens is 1. The molecule has 19 heavy (non-hydrogen) atoms. The molecule has 2 unspecified atom stereocenters. The summed E-state index contributed by atoms with van der Waals surface area (Å²) in [4.78, 5) is 14.3. The first-order valence-electron chi connectivity index (χ1n) is 6.42. The number of ether oxygens (including phenoxy) is 1. The number of methoxy groups -OCH3 is 1. The second kappa shape index (κ2) is 5.57. The maximum atomic E-state index is 14.0. The first kappa shape index (κ1) is 13.8. The summed E-state index contributed by atoms with van der Waals surface area (Å²) < 4.78 is 19.1. The van der Waals surface area contributed by atoms with E-state index in [-0.39, 0.29) is 29.3 Å². The van der Waals surface area contributed by atoms with Gasteiger partial charge in [-0.25, -0.2) is 4.39 Å². The van der Waals surface area contributed by atoms with E-state index in [1.807, 2.05) is 13.8 Å². The first-order valence-corrected chi connectivity index (χ1v) is 6.42. The van der Waals surface area contributed by atoms with Crippen molar-refractivity contribution in [3.8, 4) is 5.75 Å². The minimum absolute atomic E-state index is 0.0191. The van der Waals surface area contributed by atoms with Crippen LogP contribution in [0.25, 0.3) is 0 Å². The predicted molar refractivity (Wildman–Crippen MR) is 70.9 cm³/mol. The summed E-state index contributed by atoms with van der Waals surface area (Å²) >= 11 is 0. The maximum Gasteiger partial charge on any atom is 0.261 e. The lowest BCUT2D eigenvalue weighted by Crippen LogP contribution is -2.57. The summed E-state index contributed by atoms with van der Waals surface area (Å²) in [5, 5.41) is 3.24. The van der Waals surface area contributed by atoms with Crippen LogP contribution in [0, 0.1) is 5.82 Å². The van der Waals surface area contributed by atoms with Gasteiger partial charge in [0.15, 0.2) is 0 Å². The van der Waals surface area contributed by atoms with E-state index in [9.17, 15) is 9.18 Å². The quantitative estimate of drug-likeness (QED) is 0.885. The molecule has 1 fully saturated rings. The monoisotopic (exact) mass is 266 g/mol. The van der Waals surface area contributed by atoms with Crippen LogP contribution in [0.15, 0.2) is 18.2 Å². The molecule has 0 spiro atoms. The molecule has 1 aliphatic rings. The Morgan fingerprint density at radius 3 is 2.58 bits per heavy atom. The van der Waals surface area contributed by atoms with Crippen LogP contribution in [0.2, 0.25) is 0 Å². The molecule has 0 aromatic heterocycles. The lowest BCUT2D eigenvalue weighted by atomic mass is 10.1. The summed E-state index contributed by atoms with van der Waals surface area (Å²) in [6.07, 6.45) is 0. The van der Waals surface area contributed by atoms with Crippen molar-refractivity contribution in [2.45, 2.75) is 25.9 Å². The third-order valence-electron chi connectivity index (χ3n) is 3.47. The van der Waals surface area contributed by atoms with Gasteiger partial charge >= 0.3 is 0 Å². The lowest BCUT2D eigenvalue weighted by Gasteiger charge is -2.39. The van der Waals surface area contributed by atoms with Crippen molar-refractivity contribution >= 4 is 5.91 Å². The second-order valence-corrected chi connectivity index (χ2v) is 4.89. The molecule has 4 nitrogen and oxygen atoms in total. The van der Waals surface area contributed by atoms with Gasteiger partial charge < -0.3 is 15.0 Å². The van der Waals surface area contributed by atoms with Crippen LogP contribution < -0.4 is 10.1 Å². The molecular formula is C14H19FN2O2. The number of rotatable bonds is 2. The minimum Gasteiger partial charge on any atom is -0.496 e. The highest BCUT2D eigenvalue weighted by Crippen LogP contribution is 2.25. The summed E-state index contributed by atoms with van der Waals surface area (Å²) in [6, 6.07) is 4.48. The van der Waals surface area contributed by atoms with E-state index >= 15 is 0 Å². The van der Waals surface area contributed by atoms with Crippen molar-refractivity contribution in [2.24, 2.45) is 0 Å². The molecule has 0 bridgehead atoms. The van der Waals surface area contributed by atoms with Crippen LogP contribution >= 0.6 is 0 Å². The fraction of sp³-hybridized carbons (Fsp3) is 0.500. The molecular weight excluding hydrogens is 247 g/mol. The van der Waals surface area contributed by atoms with Crippen LogP contribution in [0.5, 0.6) is 5.75 Å². The molecule has 0 saturated carbocycles. The maximum absolute atomic E-state index is 14.0. The number of nitrogens with zero attached hydrogens (tertiary/aromatic N) is 1. The Kier molecular flexibility index (Phi) is 4.04. The van der Waals surface area contributed by atoms with E-state index in [0.717, 1.165) is 0 Å². The van der Waals surface area contributed by atoms with E-state index in [1.54, 1.807) is 11.0 Å². The number of hydrogen-bond acceptors (Lipinski definition) is 3. The Balaban J connectivity index is 2.38. The Morgan fingerprint density at radius 1 is 1.37 bits per heavy atom. The number of hydrogen-bond donors (Lipinski definition) is 1. The van der Waals surface area contributed by atoms with Gasteiger partial charge in [0, 0.05) is 25.2 Å². The van der Waals surface area contributed by atoms with E-state index in [1.165, 1.54) is 19.2 Å². The van der Waals surface area contributed by atoms with Gasteiger partial charge in [0.25, 0.3) is 5.91 Å². The van der Waals surface area contributed by atoms with E-state index < -0.39 is 5.82 Å². The first-order chi connectivity index (χ1) is 9.06. The number of piperazine rings is 1. The van der Waals surface area contributed by atoms with Gasteiger partial charge in [-0.2, -0.15) is 0 Å². The van der Waals surface area contributed by atoms with E-state index in [2.05, 4.69) is 5.32 Å². The van der Waals surface area contributed by atoms with Crippen molar-refractivity contribution in [1.29, 1.82) is 0 Å². The standard InChI is InChI=1S/C14H19FN2O2/c1-9-7-16-8-10(2)17(9)14(18)13-11(15)5-4-6-12(13)19-3/h4-6,9-10,16H,7-8H2,1-3H3. The summed E-state index contributed by atoms with van der Waals surface area (Å²) in [7, 11) is 1.44. The Labute approximate surface area is 112 Å². The summed E-state index contributed by atoms with van der Waals surface area (Å²) in [5.41, 5.74) is 0.0191. The van der Waals surface area contributed by atoms with Crippen molar-refractivity contribution < 1.29 is 13.9 Å². The third kappa shape index (κ3) is 2.56. The van der Waals surface area contributed by atoms with Crippen LogP contribution in [0.4, 0.5) is 4.39 Å². The number of carbonyl (C=O) groups excluding carboxylic acids is 1. The Hall–Kier alpha value is -1.62. The van der Waals surface area contributed by atoms with Gasteiger partial charge in [0.1, 0.15) is 17.1 Å². The van der Waals surface area contributed by atoms with Gasteiger partial charge in [-0.05, 0) is 26.0 Å². The molecule has 1 aromatic rings. The highest BCUT2D eigenvalue weighted by Gasteiger charge is 2.32. The van der Waals surface area contributed by atoms with Crippen LogP contribution in [-0.4, -0.2) is 43.1 Å². The molecule has 2 rings (SSSR count).